The number of carbonyl (C=O) groups excluding carboxylic acids is 2. The lowest BCUT2D eigenvalue weighted by Gasteiger charge is -2.32. The highest BCUT2D eigenvalue weighted by molar-refractivity contribution is 7.92. The van der Waals surface area contributed by atoms with Crippen molar-refractivity contribution in [3.8, 4) is 5.75 Å². The van der Waals surface area contributed by atoms with E-state index in [-0.39, 0.29) is 23.4 Å². The standard InChI is InChI=1S/C32H39N3O5S/c1-23-12-16-28(17-13-23)35(41(38,39)30-18-14-24(2)15-19-30)22-31(36)34(21-26-8-7-11-29(20-26)40-4)25(3)32(37)33-27-9-5-6-10-27/h7-8,11-20,25,27H,5-6,9-10,21-22H2,1-4H3,(H,33,37)/t25-/m0/s1. The van der Waals surface area contributed by atoms with Crippen LogP contribution < -0.4 is 14.4 Å². The normalized spacial score (nSPS) is 14.3. The fourth-order valence-corrected chi connectivity index (χ4v) is 6.43. The Kier molecular flexibility index (Phi) is 9.70. The predicted molar refractivity (Wildman–Crippen MR) is 160 cm³/mol. The molecule has 1 aliphatic carbocycles. The van der Waals surface area contributed by atoms with Gasteiger partial charge in [0.1, 0.15) is 18.3 Å². The molecule has 0 aliphatic heterocycles. The molecule has 1 aliphatic rings. The SMILES string of the molecule is COc1cccc(CN(C(=O)CN(c2ccc(C)cc2)S(=O)(=O)c2ccc(C)cc2)[C@@H](C)C(=O)NC2CCCC2)c1. The van der Waals surface area contributed by atoms with E-state index >= 15 is 0 Å². The van der Waals surface area contributed by atoms with Crippen LogP contribution in [0.2, 0.25) is 0 Å². The number of carbonyl (C=O) groups is 2. The van der Waals surface area contributed by atoms with Gasteiger partial charge in [0, 0.05) is 12.6 Å². The molecule has 9 heteroatoms. The minimum absolute atomic E-state index is 0.0860. The maximum Gasteiger partial charge on any atom is 0.264 e. The van der Waals surface area contributed by atoms with E-state index in [1.165, 1.54) is 4.90 Å². The van der Waals surface area contributed by atoms with Gasteiger partial charge < -0.3 is 15.0 Å². The summed E-state index contributed by atoms with van der Waals surface area (Å²) in [5, 5.41) is 3.09. The number of hydrogen-bond donors (Lipinski definition) is 1. The van der Waals surface area contributed by atoms with Gasteiger partial charge in [0.2, 0.25) is 11.8 Å². The van der Waals surface area contributed by atoms with Gasteiger partial charge in [-0.2, -0.15) is 0 Å². The second-order valence-corrected chi connectivity index (χ2v) is 12.6. The van der Waals surface area contributed by atoms with Gasteiger partial charge >= 0.3 is 0 Å². The molecule has 1 atom stereocenters. The van der Waals surface area contributed by atoms with Crippen molar-refractivity contribution in [2.45, 2.75) is 70.0 Å². The Morgan fingerprint density at radius 1 is 0.951 bits per heavy atom. The van der Waals surface area contributed by atoms with Crippen molar-refractivity contribution in [2.24, 2.45) is 0 Å². The van der Waals surface area contributed by atoms with Crippen molar-refractivity contribution in [3.05, 3.63) is 89.5 Å². The molecule has 1 N–H and O–H groups in total. The third-order valence-corrected chi connectivity index (χ3v) is 9.35. The van der Waals surface area contributed by atoms with E-state index in [9.17, 15) is 18.0 Å². The van der Waals surface area contributed by atoms with Crippen molar-refractivity contribution in [1.29, 1.82) is 0 Å². The molecule has 3 aromatic rings. The van der Waals surface area contributed by atoms with Gasteiger partial charge in [-0.05, 0) is 75.6 Å². The monoisotopic (exact) mass is 577 g/mol. The Hall–Kier alpha value is -3.85. The Bertz CT molecular complexity index is 1450. The topological polar surface area (TPSA) is 96.0 Å². The molecule has 0 aromatic heterocycles. The first-order valence-electron chi connectivity index (χ1n) is 14.0. The van der Waals surface area contributed by atoms with Crippen molar-refractivity contribution < 1.29 is 22.7 Å². The molecule has 0 saturated heterocycles. The highest BCUT2D eigenvalue weighted by atomic mass is 32.2. The van der Waals surface area contributed by atoms with E-state index in [1.807, 2.05) is 44.2 Å². The van der Waals surface area contributed by atoms with Gasteiger partial charge in [0.05, 0.1) is 17.7 Å². The largest absolute Gasteiger partial charge is 0.497 e. The van der Waals surface area contributed by atoms with Gasteiger partial charge in [-0.25, -0.2) is 8.42 Å². The van der Waals surface area contributed by atoms with Crippen molar-refractivity contribution in [1.82, 2.24) is 10.2 Å². The van der Waals surface area contributed by atoms with E-state index in [2.05, 4.69) is 5.32 Å². The fraction of sp³-hybridized carbons (Fsp3) is 0.375. The first-order chi connectivity index (χ1) is 19.6. The van der Waals surface area contributed by atoms with Gasteiger partial charge in [-0.1, -0.05) is 60.4 Å². The smallest absolute Gasteiger partial charge is 0.264 e. The number of aryl methyl sites for hydroxylation is 2. The number of sulfonamides is 1. The summed E-state index contributed by atoms with van der Waals surface area (Å²) in [6.07, 6.45) is 3.96. The number of ether oxygens (including phenoxy) is 1. The van der Waals surface area contributed by atoms with Crippen molar-refractivity contribution in [2.75, 3.05) is 18.0 Å². The zero-order valence-corrected chi connectivity index (χ0v) is 25.0. The molecule has 1 saturated carbocycles. The van der Waals surface area contributed by atoms with E-state index in [1.54, 1.807) is 56.5 Å². The lowest BCUT2D eigenvalue weighted by Crippen LogP contribution is -2.52. The second-order valence-electron chi connectivity index (χ2n) is 10.7. The van der Waals surface area contributed by atoms with E-state index in [4.69, 9.17) is 4.74 Å². The number of hydrogen-bond acceptors (Lipinski definition) is 5. The highest BCUT2D eigenvalue weighted by Crippen LogP contribution is 2.26. The van der Waals surface area contributed by atoms with Crippen LogP contribution in [0.4, 0.5) is 5.69 Å². The lowest BCUT2D eigenvalue weighted by atomic mass is 10.1. The molecule has 1 fully saturated rings. The van der Waals surface area contributed by atoms with Crippen LogP contribution in [-0.2, 0) is 26.2 Å². The van der Waals surface area contributed by atoms with Crippen LogP contribution in [0.15, 0.2) is 77.7 Å². The van der Waals surface area contributed by atoms with Crippen molar-refractivity contribution in [3.63, 3.8) is 0 Å². The summed E-state index contributed by atoms with van der Waals surface area (Å²) in [6, 6.07) is 20.1. The third kappa shape index (κ3) is 7.47. The molecule has 0 heterocycles. The molecule has 3 aromatic carbocycles. The van der Waals surface area contributed by atoms with Crippen LogP contribution in [0.25, 0.3) is 0 Å². The number of nitrogens with one attached hydrogen (secondary N) is 1. The van der Waals surface area contributed by atoms with Gasteiger partial charge in [0.15, 0.2) is 0 Å². The summed E-state index contributed by atoms with van der Waals surface area (Å²) in [5.41, 5.74) is 3.02. The molecular weight excluding hydrogens is 538 g/mol. The molecule has 0 radical (unpaired) electrons. The van der Waals surface area contributed by atoms with Crippen molar-refractivity contribution >= 4 is 27.5 Å². The summed E-state index contributed by atoms with van der Waals surface area (Å²) in [6.45, 7) is 5.12. The summed E-state index contributed by atoms with van der Waals surface area (Å²) >= 11 is 0. The summed E-state index contributed by atoms with van der Waals surface area (Å²) in [7, 11) is -2.53. The van der Waals surface area contributed by atoms with Crippen LogP contribution in [-0.4, -0.2) is 50.9 Å². The Labute approximate surface area is 243 Å². The van der Waals surface area contributed by atoms with E-state index in [0.717, 1.165) is 46.7 Å². The summed E-state index contributed by atoms with van der Waals surface area (Å²) < 4.78 is 34.3. The average molecular weight is 578 g/mol. The van der Waals surface area contributed by atoms with Gasteiger partial charge in [0.25, 0.3) is 10.0 Å². The average Bonchev–Trinajstić information content (AvgIpc) is 3.48. The quantitative estimate of drug-likeness (QED) is 0.347. The van der Waals surface area contributed by atoms with Crippen LogP contribution >= 0.6 is 0 Å². The third-order valence-electron chi connectivity index (χ3n) is 7.57. The number of amides is 2. The predicted octanol–water partition coefficient (Wildman–Crippen LogP) is 4.98. The summed E-state index contributed by atoms with van der Waals surface area (Å²) in [5.74, 6) is -0.115. The maximum absolute atomic E-state index is 14.1. The first-order valence-corrected chi connectivity index (χ1v) is 15.4. The van der Waals surface area contributed by atoms with Crippen LogP contribution in [0.3, 0.4) is 0 Å². The highest BCUT2D eigenvalue weighted by Gasteiger charge is 2.33. The molecule has 4 rings (SSSR count). The molecule has 218 valence electrons. The Morgan fingerprint density at radius 2 is 1.56 bits per heavy atom. The molecule has 0 unspecified atom stereocenters. The molecule has 0 spiro atoms. The van der Waals surface area contributed by atoms with Gasteiger partial charge in [-0.15, -0.1) is 0 Å². The maximum atomic E-state index is 14.1. The van der Waals surface area contributed by atoms with Crippen LogP contribution in [0.5, 0.6) is 5.75 Å². The van der Waals surface area contributed by atoms with E-state index in [0.29, 0.717) is 11.4 Å². The minimum atomic E-state index is -4.10. The lowest BCUT2D eigenvalue weighted by molar-refractivity contribution is -0.139. The number of methoxy groups -OCH3 is 1. The Morgan fingerprint density at radius 3 is 2.17 bits per heavy atom. The number of nitrogens with zero attached hydrogens (tertiary/aromatic N) is 2. The van der Waals surface area contributed by atoms with Crippen LogP contribution in [0, 0.1) is 13.8 Å². The molecule has 8 nitrogen and oxygen atoms in total. The number of rotatable bonds is 11. The molecule has 41 heavy (non-hydrogen) atoms. The van der Waals surface area contributed by atoms with Crippen LogP contribution in [0.1, 0.15) is 49.3 Å². The zero-order valence-electron chi connectivity index (χ0n) is 24.2. The second kappa shape index (κ2) is 13.2. The number of anilines is 1. The van der Waals surface area contributed by atoms with E-state index < -0.39 is 28.5 Å². The Balaban J connectivity index is 1.68. The molecular formula is C32H39N3O5S. The first kappa shape index (κ1) is 30.1. The van der Waals surface area contributed by atoms with Gasteiger partial charge in [-0.3, -0.25) is 13.9 Å². The number of benzene rings is 3. The molecule has 0 bridgehead atoms. The fourth-order valence-electron chi connectivity index (χ4n) is 5.02. The summed E-state index contributed by atoms with van der Waals surface area (Å²) in [4.78, 5) is 29.0. The zero-order chi connectivity index (χ0) is 29.6. The molecule has 2 amide bonds. The minimum Gasteiger partial charge on any atom is -0.497 e.